The Balaban J connectivity index is 2.60. The van der Waals surface area contributed by atoms with Gasteiger partial charge in [-0.05, 0) is 25.9 Å². The van der Waals surface area contributed by atoms with Gasteiger partial charge in [0.2, 0.25) is 10.0 Å². The van der Waals surface area contributed by atoms with E-state index >= 15 is 0 Å². The highest BCUT2D eigenvalue weighted by Gasteiger charge is 2.16. The molecule has 0 radical (unpaired) electrons. The van der Waals surface area contributed by atoms with Gasteiger partial charge in [0.15, 0.2) is 0 Å². The largest absolute Gasteiger partial charge is 0.320 e. The minimum atomic E-state index is -3.41. The van der Waals surface area contributed by atoms with Crippen LogP contribution in [0.5, 0.6) is 0 Å². The Labute approximate surface area is 109 Å². The maximum absolute atomic E-state index is 11.9. The van der Waals surface area contributed by atoms with Crippen LogP contribution in [0.15, 0.2) is 17.3 Å². The lowest BCUT2D eigenvalue weighted by Crippen LogP contribution is -2.27. The van der Waals surface area contributed by atoms with Crippen molar-refractivity contribution >= 4 is 10.0 Å². The van der Waals surface area contributed by atoms with Gasteiger partial charge in [-0.2, -0.15) is 5.10 Å². The topological polar surface area (TPSA) is 76.0 Å². The van der Waals surface area contributed by atoms with Gasteiger partial charge in [0.25, 0.3) is 0 Å². The van der Waals surface area contributed by atoms with Gasteiger partial charge in [-0.15, -0.1) is 0 Å². The Hall–Kier alpha value is -0.920. The van der Waals surface area contributed by atoms with Crippen LogP contribution in [0.3, 0.4) is 0 Å². The van der Waals surface area contributed by atoms with Crippen molar-refractivity contribution in [1.29, 1.82) is 0 Å². The number of nitrogens with one attached hydrogen (secondary N) is 2. The van der Waals surface area contributed by atoms with Gasteiger partial charge < -0.3 is 5.32 Å². The predicted octanol–water partition coefficient (Wildman–Crippen LogP) is 0.427. The van der Waals surface area contributed by atoms with Crippen molar-refractivity contribution in [3.05, 3.63) is 12.4 Å². The third-order valence-corrected chi connectivity index (χ3v) is 3.79. The standard InChI is InChI=1S/C11H22N4O2S/c1-10(2)7-14-18(16,17)11-8-13-15(9-11)6-4-5-12-3/h8-10,12,14H,4-7H2,1-3H3. The van der Waals surface area contributed by atoms with E-state index in [0.717, 1.165) is 13.0 Å². The molecule has 0 atom stereocenters. The molecule has 0 unspecified atom stereocenters. The number of hydrogen-bond donors (Lipinski definition) is 2. The Morgan fingerprint density at radius 2 is 2.17 bits per heavy atom. The fraction of sp³-hybridized carbons (Fsp3) is 0.727. The molecule has 6 nitrogen and oxygen atoms in total. The number of aromatic nitrogens is 2. The third kappa shape index (κ3) is 4.75. The number of rotatable bonds is 8. The molecule has 0 aliphatic carbocycles. The molecule has 0 amide bonds. The maximum Gasteiger partial charge on any atom is 0.243 e. The van der Waals surface area contributed by atoms with Crippen molar-refractivity contribution in [3.63, 3.8) is 0 Å². The molecule has 7 heteroatoms. The Morgan fingerprint density at radius 1 is 1.44 bits per heavy atom. The molecule has 0 saturated carbocycles. The molecule has 0 spiro atoms. The number of aryl methyl sites for hydroxylation is 1. The summed E-state index contributed by atoms with van der Waals surface area (Å²) in [4.78, 5) is 0.229. The zero-order chi connectivity index (χ0) is 13.6. The first kappa shape index (κ1) is 15.1. The average Bonchev–Trinajstić information content (AvgIpc) is 2.76. The van der Waals surface area contributed by atoms with Crippen LogP contribution in [-0.2, 0) is 16.6 Å². The van der Waals surface area contributed by atoms with Gasteiger partial charge >= 0.3 is 0 Å². The molecule has 0 aliphatic rings. The van der Waals surface area contributed by atoms with Crippen LogP contribution < -0.4 is 10.0 Å². The van der Waals surface area contributed by atoms with E-state index in [2.05, 4.69) is 15.1 Å². The Bertz CT molecular complexity index is 453. The lowest BCUT2D eigenvalue weighted by molar-refractivity contribution is 0.555. The van der Waals surface area contributed by atoms with Crippen molar-refractivity contribution in [2.24, 2.45) is 5.92 Å². The van der Waals surface area contributed by atoms with Crippen LogP contribution in [0.1, 0.15) is 20.3 Å². The molecule has 2 N–H and O–H groups in total. The number of sulfonamides is 1. The molecule has 1 rings (SSSR count). The second-order valence-electron chi connectivity index (χ2n) is 4.64. The van der Waals surface area contributed by atoms with Crippen molar-refractivity contribution < 1.29 is 8.42 Å². The fourth-order valence-electron chi connectivity index (χ4n) is 1.38. The SMILES string of the molecule is CNCCCn1cc(S(=O)(=O)NCC(C)C)cn1. The van der Waals surface area contributed by atoms with Gasteiger partial charge in [0.05, 0.1) is 6.20 Å². The van der Waals surface area contributed by atoms with E-state index < -0.39 is 10.0 Å². The molecule has 0 saturated heterocycles. The molecule has 0 aromatic carbocycles. The fourth-order valence-corrected chi connectivity index (χ4v) is 2.55. The van der Waals surface area contributed by atoms with Crippen LogP contribution in [0, 0.1) is 5.92 Å². The zero-order valence-electron chi connectivity index (χ0n) is 11.2. The molecular weight excluding hydrogens is 252 g/mol. The second-order valence-corrected chi connectivity index (χ2v) is 6.41. The summed E-state index contributed by atoms with van der Waals surface area (Å²) in [7, 11) is -1.53. The van der Waals surface area contributed by atoms with E-state index in [9.17, 15) is 8.42 Å². The third-order valence-electron chi connectivity index (χ3n) is 2.42. The molecular formula is C11H22N4O2S. The molecule has 0 fully saturated rings. The second kappa shape index (κ2) is 6.86. The normalized spacial score (nSPS) is 12.2. The van der Waals surface area contributed by atoms with Crippen LogP contribution in [0.2, 0.25) is 0 Å². The summed E-state index contributed by atoms with van der Waals surface area (Å²) in [5.41, 5.74) is 0. The van der Waals surface area contributed by atoms with E-state index in [0.29, 0.717) is 13.1 Å². The summed E-state index contributed by atoms with van der Waals surface area (Å²) in [5.74, 6) is 0.283. The van der Waals surface area contributed by atoms with E-state index in [1.165, 1.54) is 6.20 Å². The van der Waals surface area contributed by atoms with Gasteiger partial charge in [-0.1, -0.05) is 13.8 Å². The minimum Gasteiger partial charge on any atom is -0.320 e. The summed E-state index contributed by atoms with van der Waals surface area (Å²) in [6.45, 7) is 5.95. The van der Waals surface area contributed by atoms with Crippen molar-refractivity contribution in [2.75, 3.05) is 20.1 Å². The first-order chi connectivity index (χ1) is 8.45. The van der Waals surface area contributed by atoms with Gasteiger partial charge in [0.1, 0.15) is 4.90 Å². The van der Waals surface area contributed by atoms with Crippen molar-refractivity contribution in [2.45, 2.75) is 31.7 Å². The molecule has 1 heterocycles. The predicted molar refractivity (Wildman–Crippen MR) is 70.8 cm³/mol. The van der Waals surface area contributed by atoms with E-state index in [1.54, 1.807) is 10.9 Å². The Morgan fingerprint density at radius 3 is 2.78 bits per heavy atom. The van der Waals surface area contributed by atoms with Crippen molar-refractivity contribution in [1.82, 2.24) is 19.8 Å². The summed E-state index contributed by atoms with van der Waals surface area (Å²) in [6, 6.07) is 0. The molecule has 1 aromatic heterocycles. The summed E-state index contributed by atoms with van der Waals surface area (Å²) >= 11 is 0. The van der Waals surface area contributed by atoms with Crippen LogP contribution in [0.4, 0.5) is 0 Å². The monoisotopic (exact) mass is 274 g/mol. The minimum absolute atomic E-state index is 0.229. The smallest absolute Gasteiger partial charge is 0.243 e. The van der Waals surface area contributed by atoms with Crippen LogP contribution >= 0.6 is 0 Å². The van der Waals surface area contributed by atoms with Crippen LogP contribution in [0.25, 0.3) is 0 Å². The average molecular weight is 274 g/mol. The molecule has 18 heavy (non-hydrogen) atoms. The molecule has 0 aliphatic heterocycles. The van der Waals surface area contributed by atoms with Gasteiger partial charge in [0, 0.05) is 19.3 Å². The summed E-state index contributed by atoms with van der Waals surface area (Å²) < 4.78 is 28.0. The molecule has 1 aromatic rings. The lowest BCUT2D eigenvalue weighted by atomic mass is 10.2. The van der Waals surface area contributed by atoms with Gasteiger partial charge in [-0.3, -0.25) is 4.68 Å². The van der Waals surface area contributed by atoms with E-state index in [4.69, 9.17) is 0 Å². The maximum atomic E-state index is 11.9. The highest BCUT2D eigenvalue weighted by molar-refractivity contribution is 7.89. The highest BCUT2D eigenvalue weighted by Crippen LogP contribution is 2.07. The zero-order valence-corrected chi connectivity index (χ0v) is 12.0. The molecule has 104 valence electrons. The molecule has 0 bridgehead atoms. The number of nitrogens with zero attached hydrogens (tertiary/aromatic N) is 2. The van der Waals surface area contributed by atoms with E-state index in [1.807, 2.05) is 20.9 Å². The summed E-state index contributed by atoms with van der Waals surface area (Å²) in [6.07, 6.45) is 3.87. The highest BCUT2D eigenvalue weighted by atomic mass is 32.2. The first-order valence-electron chi connectivity index (χ1n) is 6.12. The van der Waals surface area contributed by atoms with E-state index in [-0.39, 0.29) is 10.8 Å². The number of hydrogen-bond acceptors (Lipinski definition) is 4. The quantitative estimate of drug-likeness (QED) is 0.674. The summed E-state index contributed by atoms with van der Waals surface area (Å²) in [5, 5.41) is 7.09. The lowest BCUT2D eigenvalue weighted by Gasteiger charge is -2.06. The van der Waals surface area contributed by atoms with Crippen LogP contribution in [-0.4, -0.2) is 38.3 Å². The first-order valence-corrected chi connectivity index (χ1v) is 7.60. The van der Waals surface area contributed by atoms with Crippen molar-refractivity contribution in [3.8, 4) is 0 Å². The Kier molecular flexibility index (Phi) is 5.77. The van der Waals surface area contributed by atoms with Gasteiger partial charge in [-0.25, -0.2) is 13.1 Å².